The Labute approximate surface area is 149 Å². The number of hydrogen-bond acceptors (Lipinski definition) is 8. The summed E-state index contributed by atoms with van der Waals surface area (Å²) in [7, 11) is -2.53. The fourth-order valence-electron chi connectivity index (χ4n) is 1.97. The summed E-state index contributed by atoms with van der Waals surface area (Å²) in [5, 5.41) is 0.968. The zero-order valence-corrected chi connectivity index (χ0v) is 16.8. The van der Waals surface area contributed by atoms with Crippen molar-refractivity contribution in [3.05, 3.63) is 11.1 Å². The molecule has 0 aromatic rings. The Bertz CT molecular complexity index is 371. The molecule has 128 valence electrons. The number of hydrazine groups is 2. The van der Waals surface area contributed by atoms with Gasteiger partial charge in [0.2, 0.25) is 0 Å². The smallest absolute Gasteiger partial charge is 0.374 e. The lowest BCUT2D eigenvalue weighted by Crippen LogP contribution is -2.46. The lowest BCUT2D eigenvalue weighted by atomic mass is 10.6. The van der Waals surface area contributed by atoms with Gasteiger partial charge in [0.05, 0.1) is 5.03 Å². The van der Waals surface area contributed by atoms with Gasteiger partial charge in [-0.05, 0) is 32.9 Å². The summed E-state index contributed by atoms with van der Waals surface area (Å²) in [6.07, 6.45) is 2.83. The molecule has 0 radical (unpaired) electrons. The minimum absolute atomic E-state index is 0.612. The van der Waals surface area contributed by atoms with Gasteiger partial charge in [-0.1, -0.05) is 29.6 Å². The zero-order valence-electron chi connectivity index (χ0n) is 13.3. The fourth-order valence-corrected chi connectivity index (χ4v) is 6.33. The number of thioether (sulfide) groups is 1. The predicted octanol–water partition coefficient (Wildman–Crippen LogP) is 2.50. The summed E-state index contributed by atoms with van der Waals surface area (Å²) in [4.78, 5) is 0.637. The molecule has 0 spiro atoms. The van der Waals surface area contributed by atoms with Crippen LogP contribution in [-0.4, -0.2) is 43.9 Å². The molecule has 6 nitrogen and oxygen atoms in total. The second-order valence-corrected chi connectivity index (χ2v) is 9.05. The van der Waals surface area contributed by atoms with E-state index >= 15 is 0 Å². The lowest BCUT2D eigenvalue weighted by Gasteiger charge is -2.28. The molecule has 1 aliphatic rings. The third-order valence-corrected chi connectivity index (χ3v) is 7.25. The largest absolute Gasteiger partial charge is 0.500 e. The maximum absolute atomic E-state index is 5.84. The van der Waals surface area contributed by atoms with E-state index in [-0.39, 0.29) is 0 Å². The highest BCUT2D eigenvalue weighted by Crippen LogP contribution is 2.23. The molecule has 2 N–H and O–H groups in total. The van der Waals surface area contributed by atoms with Gasteiger partial charge in [0, 0.05) is 31.9 Å². The Morgan fingerprint density at radius 1 is 1.18 bits per heavy atom. The van der Waals surface area contributed by atoms with E-state index in [9.17, 15) is 0 Å². The first kappa shape index (κ1) is 20.2. The van der Waals surface area contributed by atoms with E-state index in [0.717, 1.165) is 23.2 Å². The summed E-state index contributed by atoms with van der Waals surface area (Å²) in [5.41, 5.74) is 5.91. The average Bonchev–Trinajstić information content (AvgIpc) is 2.43. The van der Waals surface area contributed by atoms with Crippen LogP contribution in [0.25, 0.3) is 0 Å². The second-order valence-electron chi connectivity index (χ2n) is 4.34. The van der Waals surface area contributed by atoms with Gasteiger partial charge in [0.25, 0.3) is 0 Å². The standard InChI is InChI=1S/C12H25N3O3S3Si/c1-4-16-22(17-5-2,18-6-3)9-7-8-21-12-10-11(19)13-15(20)14-12/h10,14,20H,4-9H2,1-3H3,(H,13,19). The number of hydrogen-bond donors (Lipinski definition) is 3. The Hall–Kier alpha value is 0.187. The summed E-state index contributed by atoms with van der Waals surface area (Å²) >= 11 is 11.0. The fraction of sp³-hybridized carbons (Fsp3) is 0.750. The number of nitrogens with zero attached hydrogens (tertiary/aromatic N) is 1. The van der Waals surface area contributed by atoms with Crippen molar-refractivity contribution < 1.29 is 13.3 Å². The van der Waals surface area contributed by atoms with Crippen LogP contribution in [0.4, 0.5) is 0 Å². The van der Waals surface area contributed by atoms with Crippen LogP contribution in [0.5, 0.6) is 0 Å². The van der Waals surface area contributed by atoms with Gasteiger partial charge in [-0.15, -0.1) is 11.8 Å². The normalized spacial score (nSPS) is 16.2. The number of thiocarbonyl (C=S) groups is 1. The van der Waals surface area contributed by atoms with Crippen molar-refractivity contribution in [1.29, 1.82) is 0 Å². The molecule has 0 unspecified atom stereocenters. The predicted molar refractivity (Wildman–Crippen MR) is 100 cm³/mol. The van der Waals surface area contributed by atoms with Crippen LogP contribution in [0.15, 0.2) is 11.1 Å². The highest BCUT2D eigenvalue weighted by molar-refractivity contribution is 8.03. The summed E-state index contributed by atoms with van der Waals surface area (Å²) in [6, 6.07) is 0.816. The molecule has 0 aromatic heterocycles. The van der Waals surface area contributed by atoms with Gasteiger partial charge in [0.15, 0.2) is 0 Å². The molecule has 0 aromatic carbocycles. The van der Waals surface area contributed by atoms with Crippen molar-refractivity contribution in [2.24, 2.45) is 0 Å². The van der Waals surface area contributed by atoms with E-state index < -0.39 is 8.80 Å². The molecule has 0 saturated carbocycles. The van der Waals surface area contributed by atoms with Crippen LogP contribution in [0.1, 0.15) is 27.2 Å². The topological polar surface area (TPSA) is 55.0 Å². The minimum atomic E-state index is -2.53. The van der Waals surface area contributed by atoms with E-state index in [1.807, 2.05) is 26.8 Å². The molecule has 0 fully saturated rings. The molecular weight excluding hydrogens is 358 g/mol. The molecule has 22 heavy (non-hydrogen) atoms. The average molecular weight is 384 g/mol. The van der Waals surface area contributed by atoms with Gasteiger partial charge in [-0.25, -0.2) is 0 Å². The van der Waals surface area contributed by atoms with Crippen LogP contribution in [-0.2, 0) is 13.3 Å². The molecule has 10 heteroatoms. The van der Waals surface area contributed by atoms with E-state index in [4.69, 9.17) is 25.5 Å². The van der Waals surface area contributed by atoms with Crippen LogP contribution in [0.2, 0.25) is 6.04 Å². The molecular formula is C12H25N3O3S3Si. The van der Waals surface area contributed by atoms with Crippen molar-refractivity contribution in [2.45, 2.75) is 33.2 Å². The molecule has 1 aliphatic heterocycles. The van der Waals surface area contributed by atoms with E-state index in [2.05, 4.69) is 23.7 Å². The van der Waals surface area contributed by atoms with Crippen molar-refractivity contribution >= 4 is 50.6 Å². The molecule has 0 bridgehead atoms. The van der Waals surface area contributed by atoms with Crippen LogP contribution in [0, 0.1) is 0 Å². The van der Waals surface area contributed by atoms with Gasteiger partial charge in [-0.3, -0.25) is 10.9 Å². The zero-order chi connectivity index (χ0) is 16.4. The van der Waals surface area contributed by atoms with Crippen molar-refractivity contribution in [3.63, 3.8) is 0 Å². The SMILES string of the molecule is CCO[Si](CCCSC1=CC(=S)NN(S)N1)(OCC)OCC. The van der Waals surface area contributed by atoms with Gasteiger partial charge in [-0.2, -0.15) is 0 Å². The van der Waals surface area contributed by atoms with Gasteiger partial charge < -0.3 is 13.3 Å². The number of nitrogens with one attached hydrogen (secondary N) is 2. The van der Waals surface area contributed by atoms with Crippen molar-refractivity contribution in [1.82, 2.24) is 15.4 Å². The highest BCUT2D eigenvalue weighted by Gasteiger charge is 2.39. The second kappa shape index (κ2) is 10.9. The van der Waals surface area contributed by atoms with Crippen LogP contribution >= 0.6 is 36.8 Å². The van der Waals surface area contributed by atoms with E-state index in [1.54, 1.807) is 11.8 Å². The minimum Gasteiger partial charge on any atom is -0.374 e. The first-order chi connectivity index (χ1) is 10.5. The van der Waals surface area contributed by atoms with Gasteiger partial charge >= 0.3 is 8.80 Å². The Balaban J connectivity index is 2.43. The van der Waals surface area contributed by atoms with E-state index in [0.29, 0.717) is 24.8 Å². The molecule has 0 atom stereocenters. The number of thiol groups is 1. The third-order valence-electron chi connectivity index (χ3n) is 2.67. The number of rotatable bonds is 11. The Morgan fingerprint density at radius 3 is 2.27 bits per heavy atom. The first-order valence-electron chi connectivity index (χ1n) is 7.37. The maximum Gasteiger partial charge on any atom is 0.500 e. The lowest BCUT2D eigenvalue weighted by molar-refractivity contribution is 0.0712. The quantitative estimate of drug-likeness (QED) is 0.218. The van der Waals surface area contributed by atoms with Gasteiger partial charge in [0.1, 0.15) is 4.99 Å². The highest BCUT2D eigenvalue weighted by atomic mass is 32.2. The molecule has 1 rings (SSSR count). The first-order valence-corrected chi connectivity index (χ1v) is 11.1. The van der Waals surface area contributed by atoms with Crippen LogP contribution in [0.3, 0.4) is 0 Å². The molecule has 0 aliphatic carbocycles. The molecule has 0 saturated heterocycles. The van der Waals surface area contributed by atoms with E-state index in [1.165, 1.54) is 4.52 Å². The Morgan fingerprint density at radius 2 is 1.77 bits per heavy atom. The Kier molecular flexibility index (Phi) is 9.99. The maximum atomic E-state index is 5.84. The molecule has 1 heterocycles. The van der Waals surface area contributed by atoms with Crippen molar-refractivity contribution in [3.8, 4) is 0 Å². The monoisotopic (exact) mass is 383 g/mol. The summed E-state index contributed by atoms with van der Waals surface area (Å²) < 4.78 is 19.0. The molecule has 0 amide bonds. The summed E-state index contributed by atoms with van der Waals surface area (Å²) in [6.45, 7) is 7.75. The van der Waals surface area contributed by atoms with Crippen LogP contribution < -0.4 is 10.9 Å². The summed E-state index contributed by atoms with van der Waals surface area (Å²) in [5.74, 6) is 0.922. The third kappa shape index (κ3) is 7.17. The van der Waals surface area contributed by atoms with Crippen molar-refractivity contribution in [2.75, 3.05) is 25.6 Å².